The number of Topliss-reactive ketones (excluding diaryl/α,β-unsaturated/α-hetero) is 1. The second kappa shape index (κ2) is 7.87. The van der Waals surface area contributed by atoms with Crippen molar-refractivity contribution < 1.29 is 23.4 Å². The number of alkyl halides is 2. The van der Waals surface area contributed by atoms with Gasteiger partial charge in [0.2, 0.25) is 4.33 Å². The third kappa shape index (κ3) is 3.38. The highest BCUT2D eigenvalue weighted by Crippen LogP contribution is 2.60. The number of carbonyl (C=O) groups is 1. The highest BCUT2D eigenvalue weighted by atomic mass is 35.5. The fourth-order valence-corrected chi connectivity index (χ4v) is 10.9. The fourth-order valence-electron chi connectivity index (χ4n) is 5.62. The number of ether oxygens (including phenoxy) is 3. The summed E-state index contributed by atoms with van der Waals surface area (Å²) < 4.78 is 24.3. The molecule has 2 saturated heterocycles. The molecule has 2 heterocycles. The number of hydrogen-bond acceptors (Lipinski definition) is 5. The summed E-state index contributed by atoms with van der Waals surface area (Å²) in [7, 11) is -3.02. The maximum Gasteiger partial charge on any atom is 0.261 e. The van der Waals surface area contributed by atoms with Crippen molar-refractivity contribution in [3.05, 3.63) is 60.7 Å². The van der Waals surface area contributed by atoms with E-state index in [-0.39, 0.29) is 17.2 Å². The number of halogens is 2. The molecule has 2 aromatic carbocycles. The van der Waals surface area contributed by atoms with E-state index in [1.165, 1.54) is 0 Å². The van der Waals surface area contributed by atoms with Gasteiger partial charge in [0.15, 0.2) is 17.9 Å². The van der Waals surface area contributed by atoms with Gasteiger partial charge in [-0.2, -0.15) is 0 Å². The monoisotopic (exact) mass is 520 g/mol. The Morgan fingerprint density at radius 2 is 1.44 bits per heavy atom. The molecule has 182 valence electrons. The SMILES string of the molecule is CC1(C)OC2[C@@H](O1)O[C@]1(CC(=O)C1(Cl)Cl)[C@H]2O[Si](c1ccccc1)(c1ccccc1)C(C)(C)C. The van der Waals surface area contributed by atoms with Gasteiger partial charge in [0, 0.05) is 6.42 Å². The standard InChI is InChI=1S/C26H30Cl2O5Si/c1-23(2,3)34(17-12-8-6-9-13-17,18-14-10-7-11-15-18)33-21-20-22(31-24(4,5)30-20)32-25(21)16-19(29)26(25,27)28/h6-15,20-22H,16H2,1-5H3/t20?,21-,22-,25+/m0/s1. The van der Waals surface area contributed by atoms with Crippen molar-refractivity contribution in [3.8, 4) is 0 Å². The van der Waals surface area contributed by atoms with Crippen LogP contribution in [0.5, 0.6) is 0 Å². The molecule has 0 amide bonds. The van der Waals surface area contributed by atoms with Crippen LogP contribution in [0, 0.1) is 0 Å². The fraction of sp³-hybridized carbons (Fsp3) is 0.500. The first-order valence-corrected chi connectivity index (χ1v) is 14.2. The minimum Gasteiger partial charge on any atom is -0.398 e. The van der Waals surface area contributed by atoms with Crippen molar-refractivity contribution >= 4 is 47.7 Å². The van der Waals surface area contributed by atoms with Gasteiger partial charge in [-0.15, -0.1) is 0 Å². The van der Waals surface area contributed by atoms with E-state index in [2.05, 4.69) is 45.0 Å². The van der Waals surface area contributed by atoms with Crippen LogP contribution in [-0.4, -0.2) is 48.3 Å². The normalized spacial score (nSPS) is 32.0. The number of rotatable bonds is 4. The molecule has 0 aromatic heterocycles. The van der Waals surface area contributed by atoms with Gasteiger partial charge in [-0.1, -0.05) is 105 Å². The first kappa shape index (κ1) is 24.4. The molecule has 4 atom stereocenters. The lowest BCUT2D eigenvalue weighted by Crippen LogP contribution is -2.75. The highest BCUT2D eigenvalue weighted by Gasteiger charge is 2.78. The van der Waals surface area contributed by atoms with Gasteiger partial charge in [-0.3, -0.25) is 4.79 Å². The van der Waals surface area contributed by atoms with Crippen LogP contribution >= 0.6 is 23.2 Å². The van der Waals surface area contributed by atoms with Crippen molar-refractivity contribution in [1.29, 1.82) is 0 Å². The molecule has 5 rings (SSSR count). The molecule has 1 unspecified atom stereocenters. The van der Waals surface area contributed by atoms with E-state index < -0.39 is 42.5 Å². The van der Waals surface area contributed by atoms with E-state index >= 15 is 0 Å². The van der Waals surface area contributed by atoms with Gasteiger partial charge >= 0.3 is 0 Å². The Balaban J connectivity index is 1.70. The zero-order valence-corrected chi connectivity index (χ0v) is 22.5. The lowest BCUT2D eigenvalue weighted by molar-refractivity contribution is -0.249. The Morgan fingerprint density at radius 3 is 1.88 bits per heavy atom. The van der Waals surface area contributed by atoms with E-state index in [4.69, 9.17) is 41.8 Å². The van der Waals surface area contributed by atoms with Crippen LogP contribution in [0.1, 0.15) is 41.0 Å². The summed E-state index contributed by atoms with van der Waals surface area (Å²) in [5.41, 5.74) is -1.26. The summed E-state index contributed by atoms with van der Waals surface area (Å²) in [4.78, 5) is 12.5. The van der Waals surface area contributed by atoms with Gasteiger partial charge in [0.25, 0.3) is 8.32 Å². The van der Waals surface area contributed by atoms with Gasteiger partial charge in [0.1, 0.15) is 17.8 Å². The van der Waals surface area contributed by atoms with Gasteiger partial charge in [-0.25, -0.2) is 0 Å². The predicted octanol–water partition coefficient (Wildman–Crippen LogP) is 4.32. The molecule has 2 aliphatic heterocycles. The Bertz CT molecular complexity index is 1050. The number of hydrogen-bond donors (Lipinski definition) is 0. The lowest BCUT2D eigenvalue weighted by atomic mass is 9.73. The van der Waals surface area contributed by atoms with Crippen molar-refractivity contribution in [2.75, 3.05) is 0 Å². The zero-order chi connectivity index (χ0) is 24.6. The molecule has 1 aliphatic carbocycles. The summed E-state index contributed by atoms with van der Waals surface area (Å²) in [5.74, 6) is -1.15. The number of carbonyl (C=O) groups excluding carboxylic acids is 1. The van der Waals surface area contributed by atoms with E-state index in [0.29, 0.717) is 0 Å². The Hall–Kier alpha value is -1.25. The van der Waals surface area contributed by atoms with Crippen LogP contribution in [0.25, 0.3) is 0 Å². The molecule has 8 heteroatoms. The zero-order valence-electron chi connectivity index (χ0n) is 20.0. The Labute approximate surface area is 211 Å². The summed E-state index contributed by atoms with van der Waals surface area (Å²) in [6, 6.07) is 20.5. The van der Waals surface area contributed by atoms with Crippen LogP contribution in [-0.2, 0) is 23.4 Å². The first-order valence-electron chi connectivity index (χ1n) is 11.6. The van der Waals surface area contributed by atoms with E-state index in [0.717, 1.165) is 10.4 Å². The van der Waals surface area contributed by atoms with Crippen LogP contribution < -0.4 is 10.4 Å². The first-order chi connectivity index (χ1) is 15.8. The second-order valence-electron chi connectivity index (χ2n) is 10.9. The van der Waals surface area contributed by atoms with E-state index in [1.54, 1.807) is 0 Å². The van der Waals surface area contributed by atoms with E-state index in [9.17, 15) is 4.79 Å². The van der Waals surface area contributed by atoms with Crippen molar-refractivity contribution in [1.82, 2.24) is 0 Å². The average Bonchev–Trinajstić information content (AvgIpc) is 3.22. The summed E-state index contributed by atoms with van der Waals surface area (Å²) in [6.45, 7) is 10.2. The summed E-state index contributed by atoms with van der Waals surface area (Å²) >= 11 is 13.3. The van der Waals surface area contributed by atoms with Crippen LogP contribution in [0.4, 0.5) is 0 Å². The number of benzene rings is 2. The quantitative estimate of drug-likeness (QED) is 0.443. The van der Waals surface area contributed by atoms with Crippen LogP contribution in [0.2, 0.25) is 5.04 Å². The molecule has 1 saturated carbocycles. The van der Waals surface area contributed by atoms with Crippen LogP contribution in [0.3, 0.4) is 0 Å². The molecule has 34 heavy (non-hydrogen) atoms. The average molecular weight is 522 g/mol. The van der Waals surface area contributed by atoms with Crippen LogP contribution in [0.15, 0.2) is 60.7 Å². The smallest absolute Gasteiger partial charge is 0.261 e. The second-order valence-corrected chi connectivity index (χ2v) is 16.4. The molecular weight excluding hydrogens is 491 g/mol. The number of fused-ring (bicyclic) bond motifs is 1. The lowest BCUT2D eigenvalue weighted by Gasteiger charge is -2.54. The van der Waals surface area contributed by atoms with Gasteiger partial charge in [0.05, 0.1) is 0 Å². The van der Waals surface area contributed by atoms with Crippen molar-refractivity contribution in [2.24, 2.45) is 0 Å². The molecule has 0 radical (unpaired) electrons. The summed E-state index contributed by atoms with van der Waals surface area (Å²) in [6.07, 6.45) is -1.98. The van der Waals surface area contributed by atoms with Gasteiger partial charge in [-0.05, 0) is 29.3 Å². The molecule has 1 spiro atoms. The third-order valence-corrected chi connectivity index (χ3v) is 13.3. The largest absolute Gasteiger partial charge is 0.398 e. The molecule has 5 nitrogen and oxygen atoms in total. The highest BCUT2D eigenvalue weighted by molar-refractivity contribution is 6.99. The maximum atomic E-state index is 12.5. The van der Waals surface area contributed by atoms with Gasteiger partial charge < -0.3 is 18.6 Å². The maximum absolute atomic E-state index is 12.5. The predicted molar refractivity (Wildman–Crippen MR) is 134 cm³/mol. The Kier molecular flexibility index (Phi) is 5.66. The number of ketones is 1. The third-order valence-electron chi connectivity index (χ3n) is 7.20. The molecule has 0 bridgehead atoms. The Morgan fingerprint density at radius 1 is 0.912 bits per heavy atom. The minimum absolute atomic E-state index is 0.0447. The molecule has 0 N–H and O–H groups in total. The van der Waals surface area contributed by atoms with Crippen molar-refractivity contribution in [2.45, 2.75) is 80.3 Å². The molecule has 2 aromatic rings. The topological polar surface area (TPSA) is 54.0 Å². The molecule has 3 aliphatic rings. The summed E-state index contributed by atoms with van der Waals surface area (Å²) in [5, 5.41) is 1.91. The minimum atomic E-state index is -3.02. The van der Waals surface area contributed by atoms with Crippen molar-refractivity contribution in [3.63, 3.8) is 0 Å². The molecular formula is C26H30Cl2O5Si. The molecule has 3 fully saturated rings. The van der Waals surface area contributed by atoms with E-state index in [1.807, 2.05) is 50.2 Å².